The zero-order chi connectivity index (χ0) is 15.9. The summed E-state index contributed by atoms with van der Waals surface area (Å²) in [6.45, 7) is 11.9. The minimum atomic E-state index is 0.130. The molecule has 2 atom stereocenters. The number of hydrogen-bond acceptors (Lipinski definition) is 3. The van der Waals surface area contributed by atoms with Gasteiger partial charge in [0.25, 0.3) is 0 Å². The topological polar surface area (TPSA) is 44.8 Å². The number of nitrogens with one attached hydrogen (secondary N) is 1. The first kappa shape index (κ1) is 17.5. The molecule has 22 heavy (non-hydrogen) atoms. The Kier molecular flexibility index (Phi) is 6.96. The molecule has 0 aliphatic carbocycles. The second-order valence-electron chi connectivity index (χ2n) is 6.90. The van der Waals surface area contributed by atoms with Crippen molar-refractivity contribution in [2.45, 2.75) is 58.5 Å². The molecule has 2 unspecified atom stereocenters. The van der Waals surface area contributed by atoms with Gasteiger partial charge in [0.15, 0.2) is 0 Å². The van der Waals surface area contributed by atoms with Crippen molar-refractivity contribution in [2.24, 2.45) is 5.92 Å². The summed E-state index contributed by atoms with van der Waals surface area (Å²) in [4.78, 5) is 17.1. The standard InChI is InChI=1S/C17H33N3O2/c1-4-15-7-5-6-8-20(15)17(21)18-13-16(14(2)3)19-9-11-22-12-10-19/h14-16H,4-13H2,1-3H3,(H,18,21). The maximum absolute atomic E-state index is 12.5. The molecule has 0 aromatic carbocycles. The largest absolute Gasteiger partial charge is 0.379 e. The van der Waals surface area contributed by atoms with Crippen molar-refractivity contribution in [3.63, 3.8) is 0 Å². The number of likely N-dealkylation sites (tertiary alicyclic amines) is 1. The number of carbonyl (C=O) groups excluding carboxylic acids is 1. The van der Waals surface area contributed by atoms with Crippen molar-refractivity contribution in [3.05, 3.63) is 0 Å². The molecule has 2 heterocycles. The lowest BCUT2D eigenvalue weighted by atomic mass is 10.00. The van der Waals surface area contributed by atoms with E-state index in [0.29, 0.717) is 18.0 Å². The highest BCUT2D eigenvalue weighted by molar-refractivity contribution is 5.74. The quantitative estimate of drug-likeness (QED) is 0.847. The van der Waals surface area contributed by atoms with Crippen molar-refractivity contribution < 1.29 is 9.53 Å². The highest BCUT2D eigenvalue weighted by Gasteiger charge is 2.28. The summed E-state index contributed by atoms with van der Waals surface area (Å²) in [5.41, 5.74) is 0. The van der Waals surface area contributed by atoms with Crippen molar-refractivity contribution in [2.75, 3.05) is 39.4 Å². The number of nitrogens with zero attached hydrogens (tertiary/aromatic N) is 2. The van der Waals surface area contributed by atoms with Gasteiger partial charge in [-0.3, -0.25) is 4.90 Å². The van der Waals surface area contributed by atoms with Crippen LogP contribution in [0.25, 0.3) is 0 Å². The summed E-state index contributed by atoms with van der Waals surface area (Å²) in [5, 5.41) is 3.20. The Hall–Kier alpha value is -0.810. The van der Waals surface area contributed by atoms with E-state index >= 15 is 0 Å². The van der Waals surface area contributed by atoms with Gasteiger partial charge in [0.2, 0.25) is 0 Å². The van der Waals surface area contributed by atoms with Crippen LogP contribution in [-0.2, 0) is 4.74 Å². The summed E-state index contributed by atoms with van der Waals surface area (Å²) in [5.74, 6) is 0.529. The minimum absolute atomic E-state index is 0.130. The molecule has 0 aromatic rings. The lowest BCUT2D eigenvalue weighted by Crippen LogP contribution is -2.54. The van der Waals surface area contributed by atoms with Gasteiger partial charge in [0.1, 0.15) is 0 Å². The van der Waals surface area contributed by atoms with Crippen LogP contribution in [0.3, 0.4) is 0 Å². The van der Waals surface area contributed by atoms with E-state index in [9.17, 15) is 4.79 Å². The molecule has 5 heteroatoms. The molecule has 1 N–H and O–H groups in total. The number of carbonyl (C=O) groups is 1. The third-order valence-electron chi connectivity index (χ3n) is 5.11. The molecule has 2 saturated heterocycles. The first-order valence-electron chi connectivity index (χ1n) is 8.99. The van der Waals surface area contributed by atoms with Gasteiger partial charge in [0, 0.05) is 38.3 Å². The van der Waals surface area contributed by atoms with Crippen molar-refractivity contribution >= 4 is 6.03 Å². The predicted octanol–water partition coefficient (Wildman–Crippen LogP) is 2.32. The number of morpholine rings is 1. The van der Waals surface area contributed by atoms with Gasteiger partial charge < -0.3 is 15.0 Å². The van der Waals surface area contributed by atoms with Crippen LogP contribution in [0.4, 0.5) is 4.79 Å². The molecule has 2 rings (SSSR count). The summed E-state index contributed by atoms with van der Waals surface area (Å²) < 4.78 is 5.44. The van der Waals surface area contributed by atoms with Crippen LogP contribution in [0.1, 0.15) is 46.5 Å². The normalized spacial score (nSPS) is 25.3. The highest BCUT2D eigenvalue weighted by Crippen LogP contribution is 2.19. The number of amides is 2. The van der Waals surface area contributed by atoms with E-state index in [1.54, 1.807) is 0 Å². The Morgan fingerprint density at radius 3 is 2.59 bits per heavy atom. The molecule has 128 valence electrons. The second kappa shape index (κ2) is 8.73. The van der Waals surface area contributed by atoms with E-state index in [-0.39, 0.29) is 6.03 Å². The van der Waals surface area contributed by atoms with Gasteiger partial charge in [-0.15, -0.1) is 0 Å². The summed E-state index contributed by atoms with van der Waals surface area (Å²) >= 11 is 0. The van der Waals surface area contributed by atoms with Crippen LogP contribution in [0.5, 0.6) is 0 Å². The molecule has 2 amide bonds. The molecule has 2 aliphatic heterocycles. The SMILES string of the molecule is CCC1CCCCN1C(=O)NCC(C(C)C)N1CCOCC1. The van der Waals surface area contributed by atoms with E-state index < -0.39 is 0 Å². The van der Waals surface area contributed by atoms with Crippen molar-refractivity contribution in [1.29, 1.82) is 0 Å². The van der Waals surface area contributed by atoms with E-state index in [1.165, 1.54) is 6.42 Å². The zero-order valence-corrected chi connectivity index (χ0v) is 14.5. The van der Waals surface area contributed by atoms with Gasteiger partial charge in [-0.2, -0.15) is 0 Å². The van der Waals surface area contributed by atoms with Crippen LogP contribution in [-0.4, -0.2) is 67.3 Å². The summed E-state index contributed by atoms with van der Waals surface area (Å²) in [6, 6.07) is 0.956. The molecule has 0 bridgehead atoms. The van der Waals surface area contributed by atoms with Crippen LogP contribution in [0, 0.1) is 5.92 Å². The lowest BCUT2D eigenvalue weighted by molar-refractivity contribution is 0.00675. The Balaban J connectivity index is 1.86. The molecule has 0 radical (unpaired) electrons. The van der Waals surface area contributed by atoms with Gasteiger partial charge in [-0.25, -0.2) is 4.79 Å². The first-order valence-corrected chi connectivity index (χ1v) is 8.99. The molecule has 2 aliphatic rings. The van der Waals surface area contributed by atoms with Crippen LogP contribution >= 0.6 is 0 Å². The third kappa shape index (κ3) is 4.59. The molecule has 2 fully saturated rings. The average Bonchev–Trinajstić information content (AvgIpc) is 2.55. The monoisotopic (exact) mass is 311 g/mol. The minimum Gasteiger partial charge on any atom is -0.379 e. The lowest BCUT2D eigenvalue weighted by Gasteiger charge is -2.39. The molecular weight excluding hydrogens is 278 g/mol. The average molecular weight is 311 g/mol. The van der Waals surface area contributed by atoms with E-state index in [4.69, 9.17) is 4.74 Å². The fourth-order valence-electron chi connectivity index (χ4n) is 3.68. The Morgan fingerprint density at radius 1 is 1.23 bits per heavy atom. The third-order valence-corrected chi connectivity index (χ3v) is 5.11. The molecule has 0 spiro atoms. The maximum Gasteiger partial charge on any atom is 0.317 e. The second-order valence-corrected chi connectivity index (χ2v) is 6.90. The Bertz CT molecular complexity index is 343. The van der Waals surface area contributed by atoms with Gasteiger partial charge >= 0.3 is 6.03 Å². The highest BCUT2D eigenvalue weighted by atomic mass is 16.5. The smallest absolute Gasteiger partial charge is 0.317 e. The van der Waals surface area contributed by atoms with E-state index in [1.807, 2.05) is 0 Å². The number of ether oxygens (including phenoxy) is 1. The van der Waals surface area contributed by atoms with Gasteiger partial charge in [0.05, 0.1) is 13.2 Å². The number of rotatable bonds is 5. The number of piperidine rings is 1. The predicted molar refractivity (Wildman–Crippen MR) is 89.1 cm³/mol. The van der Waals surface area contributed by atoms with Gasteiger partial charge in [-0.05, 0) is 31.6 Å². The molecule has 0 saturated carbocycles. The Labute approximate surface area is 135 Å². The zero-order valence-electron chi connectivity index (χ0n) is 14.5. The number of urea groups is 1. The molecule has 0 aromatic heterocycles. The maximum atomic E-state index is 12.5. The van der Waals surface area contributed by atoms with Crippen LogP contribution in [0.15, 0.2) is 0 Å². The molecular formula is C17H33N3O2. The number of hydrogen-bond donors (Lipinski definition) is 1. The van der Waals surface area contributed by atoms with Crippen molar-refractivity contribution in [3.8, 4) is 0 Å². The molecule has 5 nitrogen and oxygen atoms in total. The summed E-state index contributed by atoms with van der Waals surface area (Å²) in [7, 11) is 0. The fraction of sp³-hybridized carbons (Fsp3) is 0.941. The summed E-state index contributed by atoms with van der Waals surface area (Å²) in [6.07, 6.45) is 4.61. The van der Waals surface area contributed by atoms with Crippen molar-refractivity contribution in [1.82, 2.24) is 15.1 Å². The van der Waals surface area contributed by atoms with Crippen LogP contribution in [0.2, 0.25) is 0 Å². The van der Waals surface area contributed by atoms with Gasteiger partial charge in [-0.1, -0.05) is 20.8 Å². The first-order chi connectivity index (χ1) is 10.6. The van der Waals surface area contributed by atoms with E-state index in [2.05, 4.69) is 35.9 Å². The fourth-order valence-corrected chi connectivity index (χ4v) is 3.68. The van der Waals surface area contributed by atoms with E-state index in [0.717, 1.165) is 58.7 Å². The van der Waals surface area contributed by atoms with Crippen LogP contribution < -0.4 is 5.32 Å². The Morgan fingerprint density at radius 2 is 1.95 bits per heavy atom.